The summed E-state index contributed by atoms with van der Waals surface area (Å²) in [7, 11) is -3.29. The molecule has 0 aliphatic rings. The van der Waals surface area contributed by atoms with Gasteiger partial charge in [0, 0.05) is 12.7 Å². The van der Waals surface area contributed by atoms with E-state index < -0.39 is 9.84 Å². The van der Waals surface area contributed by atoms with Crippen molar-refractivity contribution < 1.29 is 13.2 Å². The van der Waals surface area contributed by atoms with Crippen molar-refractivity contribution in [2.75, 3.05) is 11.6 Å². The number of sulfone groups is 1. The molecule has 1 aromatic heterocycles. The number of aromatic nitrogens is 1. The van der Waals surface area contributed by atoms with Gasteiger partial charge in [-0.25, -0.2) is 13.4 Å². The molecule has 0 aromatic carbocycles. The van der Waals surface area contributed by atoms with Crippen LogP contribution in [-0.2, 0) is 14.6 Å². The van der Waals surface area contributed by atoms with E-state index in [-0.39, 0.29) is 10.9 Å². The third-order valence-corrected chi connectivity index (χ3v) is 3.16. The van der Waals surface area contributed by atoms with Crippen molar-refractivity contribution in [1.82, 2.24) is 4.98 Å². The van der Waals surface area contributed by atoms with Crippen LogP contribution in [0.15, 0.2) is 23.4 Å². The monoisotopic (exact) mass is 256 g/mol. The van der Waals surface area contributed by atoms with E-state index in [9.17, 15) is 13.2 Å². The van der Waals surface area contributed by atoms with Crippen LogP contribution in [0.1, 0.15) is 26.2 Å². The van der Waals surface area contributed by atoms with Gasteiger partial charge in [0.05, 0.1) is 11.9 Å². The highest BCUT2D eigenvalue weighted by atomic mass is 32.2. The Bertz CT molecular complexity index is 480. The number of nitrogens with one attached hydrogen (secondary N) is 1. The van der Waals surface area contributed by atoms with Gasteiger partial charge in [-0.2, -0.15) is 0 Å². The zero-order chi connectivity index (χ0) is 12.9. The van der Waals surface area contributed by atoms with Crippen LogP contribution in [-0.4, -0.2) is 25.6 Å². The van der Waals surface area contributed by atoms with Crippen molar-refractivity contribution >= 4 is 21.4 Å². The van der Waals surface area contributed by atoms with Crippen molar-refractivity contribution in [3.63, 3.8) is 0 Å². The van der Waals surface area contributed by atoms with Gasteiger partial charge in [-0.15, -0.1) is 0 Å². The van der Waals surface area contributed by atoms with Crippen molar-refractivity contribution in [1.29, 1.82) is 0 Å². The first kappa shape index (κ1) is 13.6. The molecule has 94 valence electrons. The third-order valence-electron chi connectivity index (χ3n) is 2.16. The molecule has 1 heterocycles. The lowest BCUT2D eigenvalue weighted by atomic mass is 10.2. The topological polar surface area (TPSA) is 76.1 Å². The standard InChI is InChI=1S/C11H16N2O3S/c1-3-4-5-10(14)13-9-6-7-11(12-8-9)17(2,15)16/h6-8H,3-5H2,1-2H3,(H,13,14). The van der Waals surface area contributed by atoms with E-state index in [2.05, 4.69) is 10.3 Å². The minimum absolute atomic E-state index is 0.00376. The van der Waals surface area contributed by atoms with Gasteiger partial charge in [-0.1, -0.05) is 13.3 Å². The van der Waals surface area contributed by atoms with Gasteiger partial charge in [-0.05, 0) is 18.6 Å². The fourth-order valence-electron chi connectivity index (χ4n) is 1.23. The Balaban J connectivity index is 2.66. The van der Waals surface area contributed by atoms with E-state index in [1.165, 1.54) is 18.3 Å². The molecule has 0 radical (unpaired) electrons. The Hall–Kier alpha value is -1.43. The van der Waals surface area contributed by atoms with Crippen LogP contribution in [0.3, 0.4) is 0 Å². The summed E-state index contributed by atoms with van der Waals surface area (Å²) in [4.78, 5) is 15.2. The predicted octanol–water partition coefficient (Wildman–Crippen LogP) is 1.61. The maximum absolute atomic E-state index is 11.4. The first-order chi connectivity index (χ1) is 7.93. The Morgan fingerprint density at radius 2 is 2.12 bits per heavy atom. The molecule has 0 saturated heterocycles. The van der Waals surface area contributed by atoms with Gasteiger partial charge in [0.25, 0.3) is 0 Å². The molecular formula is C11H16N2O3S. The second-order valence-corrected chi connectivity index (χ2v) is 5.77. The highest BCUT2D eigenvalue weighted by molar-refractivity contribution is 7.90. The minimum atomic E-state index is -3.29. The van der Waals surface area contributed by atoms with Crippen LogP contribution in [0.5, 0.6) is 0 Å². The first-order valence-corrected chi connectivity index (χ1v) is 7.28. The maximum atomic E-state index is 11.4. The molecule has 0 unspecified atom stereocenters. The molecule has 0 atom stereocenters. The van der Waals surface area contributed by atoms with E-state index >= 15 is 0 Å². The van der Waals surface area contributed by atoms with Crippen LogP contribution in [0.2, 0.25) is 0 Å². The van der Waals surface area contributed by atoms with Crippen molar-refractivity contribution in [2.24, 2.45) is 0 Å². The SMILES string of the molecule is CCCCC(=O)Nc1ccc(S(C)(=O)=O)nc1. The van der Waals surface area contributed by atoms with Gasteiger partial charge in [0.1, 0.15) is 0 Å². The Labute approximate surface area is 101 Å². The molecule has 0 saturated carbocycles. The number of pyridine rings is 1. The lowest BCUT2D eigenvalue weighted by molar-refractivity contribution is -0.116. The smallest absolute Gasteiger partial charge is 0.224 e. The third kappa shape index (κ3) is 4.52. The van der Waals surface area contributed by atoms with E-state index in [0.29, 0.717) is 12.1 Å². The lowest BCUT2D eigenvalue weighted by Crippen LogP contribution is -2.11. The molecule has 6 heteroatoms. The van der Waals surface area contributed by atoms with Crippen LogP contribution in [0, 0.1) is 0 Å². The normalized spacial score (nSPS) is 11.2. The number of amides is 1. The van der Waals surface area contributed by atoms with Gasteiger partial charge in [0.15, 0.2) is 14.9 Å². The molecule has 0 fully saturated rings. The van der Waals surface area contributed by atoms with Crippen LogP contribution >= 0.6 is 0 Å². The number of anilines is 1. The van der Waals surface area contributed by atoms with Gasteiger partial charge < -0.3 is 5.32 Å². The summed E-state index contributed by atoms with van der Waals surface area (Å²) in [5.41, 5.74) is 0.513. The van der Waals surface area contributed by atoms with Crippen LogP contribution in [0.4, 0.5) is 5.69 Å². The number of carbonyl (C=O) groups excluding carboxylic acids is 1. The summed E-state index contributed by atoms with van der Waals surface area (Å²) in [5, 5.41) is 2.66. The Kier molecular flexibility index (Phi) is 4.62. The van der Waals surface area contributed by atoms with Crippen molar-refractivity contribution in [3.8, 4) is 0 Å². The zero-order valence-electron chi connectivity index (χ0n) is 9.93. The number of carbonyl (C=O) groups is 1. The maximum Gasteiger partial charge on any atom is 0.224 e. The van der Waals surface area contributed by atoms with E-state index in [0.717, 1.165) is 19.1 Å². The fourth-order valence-corrected chi connectivity index (χ4v) is 1.79. The second kappa shape index (κ2) is 5.77. The van der Waals surface area contributed by atoms with Crippen molar-refractivity contribution in [2.45, 2.75) is 31.2 Å². The number of nitrogens with zero attached hydrogens (tertiary/aromatic N) is 1. The van der Waals surface area contributed by atoms with Gasteiger partial charge >= 0.3 is 0 Å². The minimum Gasteiger partial charge on any atom is -0.325 e. The second-order valence-electron chi connectivity index (χ2n) is 3.81. The van der Waals surface area contributed by atoms with Crippen LogP contribution in [0.25, 0.3) is 0 Å². The number of hydrogen-bond acceptors (Lipinski definition) is 4. The largest absolute Gasteiger partial charge is 0.325 e. The molecular weight excluding hydrogens is 240 g/mol. The molecule has 0 spiro atoms. The summed E-state index contributed by atoms with van der Waals surface area (Å²) < 4.78 is 22.3. The molecule has 1 aromatic rings. The quantitative estimate of drug-likeness (QED) is 0.868. The summed E-state index contributed by atoms with van der Waals surface area (Å²) in [5.74, 6) is -0.0826. The lowest BCUT2D eigenvalue weighted by Gasteiger charge is -2.04. The Morgan fingerprint density at radius 3 is 2.59 bits per heavy atom. The highest BCUT2D eigenvalue weighted by Gasteiger charge is 2.08. The van der Waals surface area contributed by atoms with E-state index in [1.807, 2.05) is 6.92 Å². The average molecular weight is 256 g/mol. The average Bonchev–Trinajstić information content (AvgIpc) is 2.26. The molecule has 0 bridgehead atoms. The molecule has 0 aliphatic heterocycles. The van der Waals surface area contributed by atoms with Gasteiger partial charge in [0.2, 0.25) is 5.91 Å². The number of unbranched alkanes of at least 4 members (excludes halogenated alkanes) is 1. The first-order valence-electron chi connectivity index (χ1n) is 5.39. The molecule has 17 heavy (non-hydrogen) atoms. The molecule has 5 nitrogen and oxygen atoms in total. The van der Waals surface area contributed by atoms with E-state index in [4.69, 9.17) is 0 Å². The fraction of sp³-hybridized carbons (Fsp3) is 0.455. The highest BCUT2D eigenvalue weighted by Crippen LogP contribution is 2.10. The number of rotatable bonds is 5. The molecule has 1 amide bonds. The van der Waals surface area contributed by atoms with E-state index in [1.54, 1.807) is 0 Å². The molecule has 0 aliphatic carbocycles. The summed E-state index contributed by atoms with van der Waals surface area (Å²) in [6.45, 7) is 2.01. The van der Waals surface area contributed by atoms with Crippen molar-refractivity contribution in [3.05, 3.63) is 18.3 Å². The summed E-state index contributed by atoms with van der Waals surface area (Å²) in [6.07, 6.45) is 4.69. The number of hydrogen-bond donors (Lipinski definition) is 1. The summed E-state index contributed by atoms with van der Waals surface area (Å²) in [6, 6.07) is 2.91. The van der Waals surface area contributed by atoms with Gasteiger partial charge in [-0.3, -0.25) is 4.79 Å². The Morgan fingerprint density at radius 1 is 1.41 bits per heavy atom. The predicted molar refractivity (Wildman–Crippen MR) is 65.5 cm³/mol. The summed E-state index contributed by atoms with van der Waals surface area (Å²) >= 11 is 0. The zero-order valence-corrected chi connectivity index (χ0v) is 10.8. The molecule has 1 rings (SSSR count). The molecule has 1 N–H and O–H groups in total. The van der Waals surface area contributed by atoms with Crippen LogP contribution < -0.4 is 5.32 Å².